The molecule has 0 unspecified atom stereocenters. The first-order valence-electron chi connectivity index (χ1n) is 9.36. The van der Waals surface area contributed by atoms with Crippen molar-refractivity contribution < 1.29 is 14.3 Å². The van der Waals surface area contributed by atoms with Crippen LogP contribution in [0.2, 0.25) is 0 Å². The van der Waals surface area contributed by atoms with Crippen LogP contribution in [0.3, 0.4) is 0 Å². The van der Waals surface area contributed by atoms with E-state index < -0.39 is 5.97 Å². The quantitative estimate of drug-likeness (QED) is 0.580. The zero-order valence-corrected chi connectivity index (χ0v) is 17.4. The first-order chi connectivity index (χ1) is 13.9. The maximum Gasteiger partial charge on any atom is 0.348 e. The van der Waals surface area contributed by atoms with Crippen LogP contribution in [0.15, 0.2) is 35.1 Å². The van der Waals surface area contributed by atoms with Crippen molar-refractivity contribution >= 4 is 33.4 Å². The number of H-pyrrole nitrogens is 1. The number of ether oxygens (including phenoxy) is 1. The number of hydrogen-bond donors (Lipinski definition) is 2. The Labute approximate surface area is 172 Å². The highest BCUT2D eigenvalue weighted by Gasteiger charge is 2.24. The Morgan fingerprint density at radius 1 is 1.28 bits per heavy atom. The molecule has 1 atom stereocenters. The molecule has 8 heteroatoms. The van der Waals surface area contributed by atoms with E-state index in [1.807, 2.05) is 30.3 Å². The van der Waals surface area contributed by atoms with E-state index in [0.717, 1.165) is 23.3 Å². The van der Waals surface area contributed by atoms with Crippen LogP contribution in [0.4, 0.5) is 0 Å². The molecular formula is C21H23N3O4S. The Morgan fingerprint density at radius 3 is 2.66 bits per heavy atom. The van der Waals surface area contributed by atoms with Gasteiger partial charge in [0.05, 0.1) is 18.9 Å². The number of methoxy groups -OCH3 is 1. The van der Waals surface area contributed by atoms with Crippen LogP contribution in [0.25, 0.3) is 10.2 Å². The molecule has 0 saturated carbocycles. The maximum absolute atomic E-state index is 12.7. The average molecular weight is 413 g/mol. The zero-order valence-electron chi connectivity index (χ0n) is 16.6. The fraction of sp³-hybridized carbons (Fsp3) is 0.333. The van der Waals surface area contributed by atoms with Crippen molar-refractivity contribution in [2.75, 3.05) is 13.7 Å². The van der Waals surface area contributed by atoms with Gasteiger partial charge in [0, 0.05) is 18.0 Å². The number of benzene rings is 1. The Morgan fingerprint density at radius 2 is 2.00 bits per heavy atom. The lowest BCUT2D eigenvalue weighted by atomic mass is 9.96. The van der Waals surface area contributed by atoms with Crippen LogP contribution in [0, 0.1) is 6.92 Å². The molecule has 0 aliphatic heterocycles. The number of amides is 1. The number of fused-ring (bicyclic) bond motifs is 1. The van der Waals surface area contributed by atoms with Gasteiger partial charge in [0.25, 0.3) is 5.56 Å². The minimum atomic E-state index is -0.580. The van der Waals surface area contributed by atoms with Crippen molar-refractivity contribution in [3.8, 4) is 0 Å². The van der Waals surface area contributed by atoms with Gasteiger partial charge in [-0.15, -0.1) is 11.3 Å². The predicted molar refractivity (Wildman–Crippen MR) is 113 cm³/mol. The molecule has 3 rings (SSSR count). The predicted octanol–water partition coefficient (Wildman–Crippen LogP) is 2.93. The summed E-state index contributed by atoms with van der Waals surface area (Å²) in [7, 11) is 1.27. The van der Waals surface area contributed by atoms with Gasteiger partial charge in [-0.05, 0) is 18.9 Å². The molecule has 0 aliphatic carbocycles. The third-order valence-corrected chi connectivity index (χ3v) is 5.90. The summed E-state index contributed by atoms with van der Waals surface area (Å²) in [5.41, 5.74) is 1.15. The fourth-order valence-corrected chi connectivity index (χ4v) is 4.44. The van der Waals surface area contributed by atoms with Gasteiger partial charge < -0.3 is 15.0 Å². The van der Waals surface area contributed by atoms with Gasteiger partial charge in [-0.1, -0.05) is 37.3 Å². The van der Waals surface area contributed by atoms with Gasteiger partial charge in [-0.2, -0.15) is 0 Å². The molecule has 3 aromatic rings. The van der Waals surface area contributed by atoms with Gasteiger partial charge in [0.1, 0.15) is 15.5 Å². The van der Waals surface area contributed by atoms with Gasteiger partial charge >= 0.3 is 5.97 Å². The van der Waals surface area contributed by atoms with Crippen molar-refractivity contribution in [1.29, 1.82) is 0 Å². The summed E-state index contributed by atoms with van der Waals surface area (Å²) in [4.78, 5) is 44.9. The molecule has 2 heterocycles. The molecule has 7 nitrogen and oxygen atoms in total. The number of carbonyl (C=O) groups is 2. The van der Waals surface area contributed by atoms with Crippen LogP contribution in [0.1, 0.15) is 45.9 Å². The highest BCUT2D eigenvalue weighted by molar-refractivity contribution is 7.20. The summed E-state index contributed by atoms with van der Waals surface area (Å²) < 4.78 is 4.83. The number of esters is 1. The summed E-state index contributed by atoms with van der Waals surface area (Å²) in [5.74, 6) is -0.204. The Hall–Kier alpha value is -3.00. The van der Waals surface area contributed by atoms with E-state index in [0.29, 0.717) is 22.8 Å². The van der Waals surface area contributed by atoms with Crippen LogP contribution < -0.4 is 10.9 Å². The smallest absolute Gasteiger partial charge is 0.348 e. The molecule has 152 valence electrons. The van der Waals surface area contributed by atoms with Crippen molar-refractivity contribution in [2.45, 2.75) is 32.6 Å². The monoisotopic (exact) mass is 413 g/mol. The molecule has 29 heavy (non-hydrogen) atoms. The normalized spacial score (nSPS) is 12.0. The van der Waals surface area contributed by atoms with E-state index in [4.69, 9.17) is 4.74 Å². The molecule has 2 aromatic heterocycles. The molecule has 0 saturated heterocycles. The molecule has 0 aliphatic rings. The van der Waals surface area contributed by atoms with Crippen LogP contribution in [-0.2, 0) is 16.0 Å². The van der Waals surface area contributed by atoms with Crippen LogP contribution >= 0.6 is 11.3 Å². The lowest BCUT2D eigenvalue weighted by Crippen LogP contribution is -2.30. The summed E-state index contributed by atoms with van der Waals surface area (Å²) in [6.45, 7) is 4.21. The Kier molecular flexibility index (Phi) is 6.43. The van der Waals surface area contributed by atoms with E-state index >= 15 is 0 Å². The number of rotatable bonds is 7. The average Bonchev–Trinajstić information content (AvgIpc) is 3.06. The third kappa shape index (κ3) is 4.54. The maximum atomic E-state index is 12.7. The molecule has 1 aromatic carbocycles. The largest absolute Gasteiger partial charge is 0.465 e. The van der Waals surface area contributed by atoms with E-state index in [1.54, 1.807) is 6.92 Å². The molecule has 1 amide bonds. The van der Waals surface area contributed by atoms with E-state index in [2.05, 4.69) is 22.2 Å². The van der Waals surface area contributed by atoms with E-state index in [1.165, 1.54) is 7.11 Å². The van der Waals surface area contributed by atoms with Crippen molar-refractivity contribution in [3.63, 3.8) is 0 Å². The van der Waals surface area contributed by atoms with Gasteiger partial charge in [0.15, 0.2) is 0 Å². The zero-order chi connectivity index (χ0) is 21.0. The van der Waals surface area contributed by atoms with E-state index in [-0.39, 0.29) is 34.1 Å². The molecule has 2 N–H and O–H groups in total. The number of carbonyl (C=O) groups excluding carboxylic acids is 2. The Bertz CT molecular complexity index is 1090. The van der Waals surface area contributed by atoms with Gasteiger partial charge in [-0.3, -0.25) is 9.59 Å². The number of aryl methyl sites for hydroxylation is 1. The highest BCUT2D eigenvalue weighted by atomic mass is 32.1. The number of nitrogens with zero attached hydrogens (tertiary/aromatic N) is 1. The second-order valence-corrected chi connectivity index (χ2v) is 7.73. The minimum Gasteiger partial charge on any atom is -0.465 e. The fourth-order valence-electron chi connectivity index (χ4n) is 3.28. The van der Waals surface area contributed by atoms with Crippen molar-refractivity contribution in [2.24, 2.45) is 0 Å². The molecular weight excluding hydrogens is 390 g/mol. The topological polar surface area (TPSA) is 101 Å². The molecule has 0 bridgehead atoms. The van der Waals surface area contributed by atoms with Crippen molar-refractivity contribution in [3.05, 3.63) is 62.5 Å². The van der Waals surface area contributed by atoms with Crippen molar-refractivity contribution in [1.82, 2.24) is 15.3 Å². The lowest BCUT2D eigenvalue weighted by molar-refractivity contribution is -0.120. The minimum absolute atomic E-state index is 0.0938. The summed E-state index contributed by atoms with van der Waals surface area (Å²) >= 11 is 1.07. The standard InChI is InChI=1S/C21H23N3O4S/c1-4-13(14-8-6-5-7-9-14)11-22-16(25)10-15-17-19(26)23-12(2)24-20(17)29-18(15)21(27)28-3/h5-9,13H,4,10-11H2,1-3H3,(H,22,25)(H,23,24,26)/t13-/m1/s1. The number of aromatic nitrogens is 2. The van der Waals surface area contributed by atoms with Gasteiger partial charge in [-0.25, -0.2) is 9.78 Å². The molecule has 0 radical (unpaired) electrons. The summed E-state index contributed by atoms with van der Waals surface area (Å²) in [6.07, 6.45) is 0.783. The Balaban J connectivity index is 1.84. The highest BCUT2D eigenvalue weighted by Crippen LogP contribution is 2.29. The number of hydrogen-bond acceptors (Lipinski definition) is 6. The first-order valence-corrected chi connectivity index (χ1v) is 10.2. The second kappa shape index (κ2) is 9.00. The van der Waals surface area contributed by atoms with Gasteiger partial charge in [0.2, 0.25) is 5.91 Å². The van der Waals surface area contributed by atoms with Crippen LogP contribution in [0.5, 0.6) is 0 Å². The number of nitrogens with one attached hydrogen (secondary N) is 2. The third-order valence-electron chi connectivity index (χ3n) is 4.80. The summed E-state index contributed by atoms with van der Waals surface area (Å²) in [6, 6.07) is 9.98. The first kappa shape index (κ1) is 20.7. The molecule has 0 spiro atoms. The molecule has 0 fully saturated rings. The number of aromatic amines is 1. The SMILES string of the molecule is CC[C@H](CNC(=O)Cc1c(C(=O)OC)sc2nc(C)[nH]c(=O)c12)c1ccccc1. The number of thiophene rings is 1. The van der Waals surface area contributed by atoms with E-state index in [9.17, 15) is 14.4 Å². The summed E-state index contributed by atoms with van der Waals surface area (Å²) in [5, 5.41) is 3.20. The van der Waals surface area contributed by atoms with Crippen LogP contribution in [-0.4, -0.2) is 35.5 Å². The lowest BCUT2D eigenvalue weighted by Gasteiger charge is -2.16. The second-order valence-electron chi connectivity index (χ2n) is 6.73.